The first-order valence-electron chi connectivity index (χ1n) is 5.02. The lowest BCUT2D eigenvalue weighted by Gasteiger charge is -2.00. The van der Waals surface area contributed by atoms with Crippen molar-refractivity contribution in [1.29, 1.82) is 0 Å². The van der Waals surface area contributed by atoms with Gasteiger partial charge in [-0.1, -0.05) is 12.1 Å². The van der Waals surface area contributed by atoms with Crippen LogP contribution in [0.15, 0.2) is 25.7 Å². The smallest absolute Gasteiger partial charge is 0.243 e. The Kier molecular flexibility index (Phi) is 3.90. The van der Waals surface area contributed by atoms with Crippen LogP contribution >= 0.6 is 31.9 Å². The van der Waals surface area contributed by atoms with E-state index in [1.54, 1.807) is 6.20 Å². The van der Waals surface area contributed by atoms with Gasteiger partial charge >= 0.3 is 0 Å². The van der Waals surface area contributed by atoms with Gasteiger partial charge in [-0.25, -0.2) is 0 Å². The van der Waals surface area contributed by atoms with E-state index >= 15 is 0 Å². The van der Waals surface area contributed by atoms with E-state index in [4.69, 9.17) is 10.3 Å². The molecule has 0 aliphatic heterocycles. The highest BCUT2D eigenvalue weighted by molar-refractivity contribution is 9.11. The Balaban J connectivity index is 2.37. The third kappa shape index (κ3) is 2.72. The summed E-state index contributed by atoms with van der Waals surface area (Å²) in [5.41, 5.74) is 6.44. The van der Waals surface area contributed by atoms with Gasteiger partial charge in [-0.05, 0) is 44.3 Å². The van der Waals surface area contributed by atoms with Crippen LogP contribution in [0.5, 0.6) is 0 Å². The molecule has 2 aromatic heterocycles. The number of halogens is 2. The highest BCUT2D eigenvalue weighted by Crippen LogP contribution is 2.27. The molecule has 0 radical (unpaired) electrons. The van der Waals surface area contributed by atoms with Gasteiger partial charge < -0.3 is 10.3 Å². The van der Waals surface area contributed by atoms with Crippen LogP contribution in [0.2, 0.25) is 0 Å². The summed E-state index contributed by atoms with van der Waals surface area (Å²) in [5, 5.41) is 3.87. The Hall–Kier alpha value is -0.790. The molecule has 0 bridgehead atoms. The zero-order chi connectivity index (χ0) is 12.4. The predicted octanol–water partition coefficient (Wildman–Crippen LogP) is 3.07. The van der Waals surface area contributed by atoms with Crippen molar-refractivity contribution < 1.29 is 4.52 Å². The van der Waals surface area contributed by atoms with Crippen LogP contribution in [0.25, 0.3) is 11.5 Å². The fourth-order valence-corrected chi connectivity index (χ4v) is 2.40. The summed E-state index contributed by atoms with van der Waals surface area (Å²) in [7, 11) is 0. The summed E-state index contributed by atoms with van der Waals surface area (Å²) in [6, 6.07) is 1.64. The number of nitrogens with two attached hydrogens (primary N) is 1. The van der Waals surface area contributed by atoms with Gasteiger partial charge in [0, 0.05) is 15.1 Å². The molecule has 0 saturated carbocycles. The molecule has 0 fully saturated rings. The van der Waals surface area contributed by atoms with Gasteiger partial charge in [-0.3, -0.25) is 4.98 Å². The third-order valence-electron chi connectivity index (χ3n) is 2.22. The lowest BCUT2D eigenvalue weighted by molar-refractivity contribution is 0.352. The molecule has 2 heterocycles. The van der Waals surface area contributed by atoms with E-state index < -0.39 is 0 Å². The van der Waals surface area contributed by atoms with Gasteiger partial charge in [-0.15, -0.1) is 0 Å². The molecule has 90 valence electrons. The molecule has 0 saturated heterocycles. The second-order valence-electron chi connectivity index (χ2n) is 3.45. The van der Waals surface area contributed by atoms with Crippen LogP contribution in [-0.4, -0.2) is 15.1 Å². The SMILES string of the molecule is CCC(N)c1nc(-c2ncc(Br)cc2Br)no1. The van der Waals surface area contributed by atoms with Crippen LogP contribution in [0.1, 0.15) is 25.3 Å². The van der Waals surface area contributed by atoms with Crippen molar-refractivity contribution in [3.05, 3.63) is 27.1 Å². The van der Waals surface area contributed by atoms with Crippen molar-refractivity contribution in [2.75, 3.05) is 0 Å². The molecule has 0 aromatic carbocycles. The van der Waals surface area contributed by atoms with Gasteiger partial charge in [0.05, 0.1) is 6.04 Å². The lowest BCUT2D eigenvalue weighted by Crippen LogP contribution is -2.08. The second-order valence-corrected chi connectivity index (χ2v) is 5.22. The molecule has 0 amide bonds. The van der Waals surface area contributed by atoms with E-state index in [2.05, 4.69) is 47.0 Å². The van der Waals surface area contributed by atoms with E-state index in [-0.39, 0.29) is 6.04 Å². The first kappa shape index (κ1) is 12.7. The normalized spacial score (nSPS) is 12.7. The Labute approximate surface area is 115 Å². The number of hydrogen-bond donors (Lipinski definition) is 1. The topological polar surface area (TPSA) is 77.8 Å². The summed E-state index contributed by atoms with van der Waals surface area (Å²) in [6.07, 6.45) is 2.42. The van der Waals surface area contributed by atoms with Crippen LogP contribution in [-0.2, 0) is 0 Å². The quantitative estimate of drug-likeness (QED) is 0.908. The summed E-state index contributed by atoms with van der Waals surface area (Å²) in [5.74, 6) is 0.863. The second kappa shape index (κ2) is 5.24. The fourth-order valence-electron chi connectivity index (χ4n) is 1.24. The molecular weight excluding hydrogens is 352 g/mol. The molecule has 1 atom stereocenters. The zero-order valence-corrected chi connectivity index (χ0v) is 12.2. The fraction of sp³-hybridized carbons (Fsp3) is 0.300. The van der Waals surface area contributed by atoms with Gasteiger partial charge in [0.15, 0.2) is 0 Å². The average molecular weight is 362 g/mol. The minimum absolute atomic E-state index is 0.231. The third-order valence-corrected chi connectivity index (χ3v) is 3.26. The number of nitrogens with zero attached hydrogens (tertiary/aromatic N) is 3. The molecule has 0 spiro atoms. The largest absolute Gasteiger partial charge is 0.337 e. The van der Waals surface area contributed by atoms with E-state index in [9.17, 15) is 0 Å². The van der Waals surface area contributed by atoms with Gasteiger partial charge in [0.25, 0.3) is 0 Å². The molecule has 2 aromatic rings. The van der Waals surface area contributed by atoms with Crippen LogP contribution < -0.4 is 5.73 Å². The van der Waals surface area contributed by atoms with E-state index in [0.717, 1.165) is 15.4 Å². The highest BCUT2D eigenvalue weighted by Gasteiger charge is 2.16. The number of pyridine rings is 1. The maximum Gasteiger partial charge on any atom is 0.243 e. The van der Waals surface area contributed by atoms with Crippen molar-refractivity contribution in [3.63, 3.8) is 0 Å². The first-order valence-corrected chi connectivity index (χ1v) is 6.61. The molecular formula is C10H10Br2N4O. The standard InChI is InChI=1S/C10H10Br2N4O/c1-2-7(13)10-15-9(16-17-10)8-6(12)3-5(11)4-14-8/h3-4,7H,2,13H2,1H3. The highest BCUT2D eigenvalue weighted by atomic mass is 79.9. The van der Waals surface area contributed by atoms with Crippen molar-refractivity contribution in [3.8, 4) is 11.5 Å². The van der Waals surface area contributed by atoms with Gasteiger partial charge in [-0.2, -0.15) is 4.98 Å². The lowest BCUT2D eigenvalue weighted by atomic mass is 10.2. The number of aromatic nitrogens is 3. The molecule has 17 heavy (non-hydrogen) atoms. The minimum atomic E-state index is -0.231. The van der Waals surface area contributed by atoms with Crippen molar-refractivity contribution >= 4 is 31.9 Å². The van der Waals surface area contributed by atoms with Crippen molar-refractivity contribution in [1.82, 2.24) is 15.1 Å². The Morgan fingerprint density at radius 1 is 1.47 bits per heavy atom. The Bertz CT molecular complexity index is 529. The summed E-state index contributed by atoms with van der Waals surface area (Å²) >= 11 is 6.73. The zero-order valence-electron chi connectivity index (χ0n) is 9.02. The molecule has 2 rings (SSSR count). The Morgan fingerprint density at radius 2 is 2.24 bits per heavy atom. The Morgan fingerprint density at radius 3 is 2.88 bits per heavy atom. The van der Waals surface area contributed by atoms with Crippen molar-refractivity contribution in [2.45, 2.75) is 19.4 Å². The van der Waals surface area contributed by atoms with E-state index in [0.29, 0.717) is 17.4 Å². The average Bonchev–Trinajstić information content (AvgIpc) is 2.77. The molecule has 5 nitrogen and oxygen atoms in total. The summed E-state index contributed by atoms with van der Waals surface area (Å²) in [6.45, 7) is 1.96. The minimum Gasteiger partial charge on any atom is -0.337 e. The molecule has 7 heteroatoms. The number of rotatable bonds is 3. The molecule has 0 aliphatic rings. The predicted molar refractivity (Wildman–Crippen MR) is 70.1 cm³/mol. The van der Waals surface area contributed by atoms with Gasteiger partial charge in [0.1, 0.15) is 5.69 Å². The van der Waals surface area contributed by atoms with Gasteiger partial charge in [0.2, 0.25) is 11.7 Å². The monoisotopic (exact) mass is 360 g/mol. The van der Waals surface area contributed by atoms with Crippen LogP contribution in [0, 0.1) is 0 Å². The van der Waals surface area contributed by atoms with Crippen LogP contribution in [0.4, 0.5) is 0 Å². The first-order chi connectivity index (χ1) is 8.11. The number of hydrogen-bond acceptors (Lipinski definition) is 5. The summed E-state index contributed by atoms with van der Waals surface area (Å²) in [4.78, 5) is 8.46. The van der Waals surface area contributed by atoms with E-state index in [1.807, 2.05) is 13.0 Å². The molecule has 0 aliphatic carbocycles. The van der Waals surface area contributed by atoms with Crippen molar-refractivity contribution in [2.24, 2.45) is 5.73 Å². The maximum atomic E-state index is 5.81. The molecule has 2 N–H and O–H groups in total. The van der Waals surface area contributed by atoms with Crippen LogP contribution in [0.3, 0.4) is 0 Å². The maximum absolute atomic E-state index is 5.81. The molecule has 1 unspecified atom stereocenters. The van der Waals surface area contributed by atoms with E-state index in [1.165, 1.54) is 0 Å². The summed E-state index contributed by atoms with van der Waals surface area (Å²) < 4.78 is 6.77.